The predicted molar refractivity (Wildman–Crippen MR) is 73.1 cm³/mol. The molecule has 1 unspecified atom stereocenters. The molecule has 18 heavy (non-hydrogen) atoms. The minimum atomic E-state index is -0.450. The first-order chi connectivity index (χ1) is 8.58. The molecule has 1 aliphatic heterocycles. The van der Waals surface area contributed by atoms with Gasteiger partial charge in [0.2, 0.25) is 5.91 Å². The number of amides is 1. The van der Waals surface area contributed by atoms with Crippen LogP contribution in [0.5, 0.6) is 0 Å². The molecule has 0 aromatic heterocycles. The number of ether oxygens (including phenoxy) is 1. The molecule has 0 spiro atoms. The molecule has 0 bridgehead atoms. The second-order valence-corrected chi connectivity index (χ2v) is 5.40. The van der Waals surface area contributed by atoms with Crippen LogP contribution in [0.25, 0.3) is 0 Å². The Labute approximate surface area is 115 Å². The summed E-state index contributed by atoms with van der Waals surface area (Å²) >= 11 is 3.40. The molecular formula is C13H17BrN2O2. The summed E-state index contributed by atoms with van der Waals surface area (Å²) in [7, 11) is 0. The number of nitrogens with zero attached hydrogens (tertiary/aromatic N) is 1. The molecule has 98 valence electrons. The van der Waals surface area contributed by atoms with Crippen molar-refractivity contribution in [1.82, 2.24) is 4.90 Å². The fraction of sp³-hybridized carbons (Fsp3) is 0.462. The lowest BCUT2D eigenvalue weighted by atomic mass is 10.1. The Morgan fingerprint density at radius 1 is 1.50 bits per heavy atom. The van der Waals surface area contributed by atoms with Crippen LogP contribution in [0.15, 0.2) is 28.7 Å². The molecule has 4 nitrogen and oxygen atoms in total. The van der Waals surface area contributed by atoms with E-state index in [1.807, 2.05) is 24.3 Å². The second-order valence-electron chi connectivity index (χ2n) is 4.48. The first-order valence-electron chi connectivity index (χ1n) is 5.99. The van der Waals surface area contributed by atoms with Gasteiger partial charge in [-0.3, -0.25) is 4.79 Å². The Kier molecular flexibility index (Phi) is 4.37. The van der Waals surface area contributed by atoms with Gasteiger partial charge in [-0.25, -0.2) is 0 Å². The number of nitrogens with two attached hydrogens (primary N) is 1. The zero-order chi connectivity index (χ0) is 13.1. The van der Waals surface area contributed by atoms with Gasteiger partial charge in [0.15, 0.2) is 0 Å². The molecular weight excluding hydrogens is 296 g/mol. The minimum Gasteiger partial charge on any atom is -0.370 e. The molecule has 0 radical (unpaired) electrons. The lowest BCUT2D eigenvalue weighted by molar-refractivity contribution is -0.140. The molecule has 2 N–H and O–H groups in total. The average Bonchev–Trinajstić information content (AvgIpc) is 2.38. The van der Waals surface area contributed by atoms with Crippen LogP contribution in [-0.4, -0.2) is 36.5 Å². The third-order valence-electron chi connectivity index (χ3n) is 3.01. The summed E-state index contributed by atoms with van der Waals surface area (Å²) in [5.74, 6) is -0.0135. The highest BCUT2D eigenvalue weighted by molar-refractivity contribution is 9.10. The van der Waals surface area contributed by atoms with E-state index < -0.39 is 6.04 Å². The fourth-order valence-electron chi connectivity index (χ4n) is 2.02. The molecule has 1 aromatic rings. The van der Waals surface area contributed by atoms with E-state index in [4.69, 9.17) is 10.5 Å². The summed E-state index contributed by atoms with van der Waals surface area (Å²) in [6.45, 7) is 3.46. The van der Waals surface area contributed by atoms with Crippen LogP contribution in [0.1, 0.15) is 18.6 Å². The van der Waals surface area contributed by atoms with Crippen molar-refractivity contribution in [3.05, 3.63) is 34.3 Å². The van der Waals surface area contributed by atoms with Crippen LogP contribution in [0.3, 0.4) is 0 Å². The second kappa shape index (κ2) is 5.82. The van der Waals surface area contributed by atoms with E-state index in [-0.39, 0.29) is 12.0 Å². The van der Waals surface area contributed by atoms with E-state index in [0.29, 0.717) is 19.7 Å². The van der Waals surface area contributed by atoms with Crippen LogP contribution >= 0.6 is 15.9 Å². The first-order valence-corrected chi connectivity index (χ1v) is 6.78. The van der Waals surface area contributed by atoms with Gasteiger partial charge in [0.25, 0.3) is 0 Å². The quantitative estimate of drug-likeness (QED) is 0.904. The topological polar surface area (TPSA) is 55.6 Å². The Morgan fingerprint density at radius 3 is 2.78 bits per heavy atom. The highest BCUT2D eigenvalue weighted by Crippen LogP contribution is 2.24. The molecule has 1 saturated heterocycles. The molecule has 1 heterocycles. The summed E-state index contributed by atoms with van der Waals surface area (Å²) in [6.07, 6.45) is -0.0606. The van der Waals surface area contributed by atoms with Crippen molar-refractivity contribution in [2.45, 2.75) is 19.1 Å². The fourth-order valence-corrected chi connectivity index (χ4v) is 2.28. The van der Waals surface area contributed by atoms with Gasteiger partial charge in [0.05, 0.1) is 19.2 Å². The zero-order valence-corrected chi connectivity index (χ0v) is 11.9. The van der Waals surface area contributed by atoms with Crippen molar-refractivity contribution in [2.75, 3.05) is 19.7 Å². The molecule has 1 amide bonds. The molecule has 0 saturated carbocycles. The molecule has 1 aromatic carbocycles. The number of benzene rings is 1. The van der Waals surface area contributed by atoms with Crippen LogP contribution in [-0.2, 0) is 9.53 Å². The third-order valence-corrected chi connectivity index (χ3v) is 3.54. The van der Waals surface area contributed by atoms with Crippen LogP contribution < -0.4 is 5.73 Å². The Hall–Kier alpha value is -0.910. The summed E-state index contributed by atoms with van der Waals surface area (Å²) in [6, 6.07) is 7.52. The molecule has 2 rings (SSSR count). The van der Waals surface area contributed by atoms with E-state index in [9.17, 15) is 4.79 Å². The number of hydrogen-bond donors (Lipinski definition) is 1. The summed E-state index contributed by atoms with van der Waals surface area (Å²) in [5, 5.41) is 0. The van der Waals surface area contributed by atoms with Crippen molar-refractivity contribution < 1.29 is 9.53 Å². The lowest BCUT2D eigenvalue weighted by Crippen LogP contribution is -2.48. The van der Waals surface area contributed by atoms with Gasteiger partial charge >= 0.3 is 0 Å². The van der Waals surface area contributed by atoms with Gasteiger partial charge in [-0.05, 0) is 24.6 Å². The number of rotatable bonds is 2. The van der Waals surface area contributed by atoms with Crippen molar-refractivity contribution in [1.29, 1.82) is 0 Å². The maximum atomic E-state index is 11.9. The third kappa shape index (κ3) is 3.10. The summed E-state index contributed by atoms with van der Waals surface area (Å²) < 4.78 is 6.75. The van der Waals surface area contributed by atoms with Gasteiger partial charge in [0, 0.05) is 11.0 Å². The minimum absolute atomic E-state index is 0.0135. The highest BCUT2D eigenvalue weighted by atomic mass is 79.9. The Morgan fingerprint density at radius 2 is 2.17 bits per heavy atom. The van der Waals surface area contributed by atoms with Gasteiger partial charge in [-0.1, -0.05) is 28.1 Å². The molecule has 1 fully saturated rings. The summed E-state index contributed by atoms with van der Waals surface area (Å²) in [4.78, 5) is 13.6. The van der Waals surface area contributed by atoms with Crippen molar-refractivity contribution in [2.24, 2.45) is 5.73 Å². The van der Waals surface area contributed by atoms with E-state index in [0.717, 1.165) is 10.0 Å². The average molecular weight is 313 g/mol. The van der Waals surface area contributed by atoms with Crippen molar-refractivity contribution >= 4 is 21.8 Å². The molecule has 5 heteroatoms. The number of halogens is 1. The van der Waals surface area contributed by atoms with E-state index in [2.05, 4.69) is 15.9 Å². The van der Waals surface area contributed by atoms with Crippen molar-refractivity contribution in [3.8, 4) is 0 Å². The van der Waals surface area contributed by atoms with Gasteiger partial charge in [-0.15, -0.1) is 0 Å². The van der Waals surface area contributed by atoms with Crippen LogP contribution in [0.2, 0.25) is 0 Å². The monoisotopic (exact) mass is 312 g/mol. The maximum Gasteiger partial charge on any atom is 0.239 e. The predicted octanol–water partition coefficient (Wildman–Crippen LogP) is 1.70. The van der Waals surface area contributed by atoms with Crippen LogP contribution in [0.4, 0.5) is 0 Å². The summed E-state index contributed by atoms with van der Waals surface area (Å²) in [5.41, 5.74) is 6.72. The maximum absolute atomic E-state index is 11.9. The van der Waals surface area contributed by atoms with Gasteiger partial charge < -0.3 is 15.4 Å². The Balaban J connectivity index is 2.07. The van der Waals surface area contributed by atoms with Gasteiger partial charge in [0.1, 0.15) is 6.10 Å². The molecule has 2 atom stereocenters. The Bertz CT molecular complexity index is 420. The van der Waals surface area contributed by atoms with Gasteiger partial charge in [-0.2, -0.15) is 0 Å². The standard InChI is InChI=1S/C13H17BrN2O2/c1-9(15)13(17)16-6-7-18-12(8-16)10-2-4-11(14)5-3-10/h2-5,9,12H,6-8,15H2,1H3/t9-,12?/m0/s1. The number of carbonyl (C=O) groups excluding carboxylic acids is 1. The highest BCUT2D eigenvalue weighted by Gasteiger charge is 2.26. The largest absolute Gasteiger partial charge is 0.370 e. The zero-order valence-electron chi connectivity index (χ0n) is 10.3. The van der Waals surface area contributed by atoms with E-state index in [1.54, 1.807) is 11.8 Å². The lowest BCUT2D eigenvalue weighted by Gasteiger charge is -2.34. The number of carbonyl (C=O) groups is 1. The van der Waals surface area contributed by atoms with Crippen molar-refractivity contribution in [3.63, 3.8) is 0 Å². The molecule has 1 aliphatic rings. The van der Waals surface area contributed by atoms with E-state index >= 15 is 0 Å². The smallest absolute Gasteiger partial charge is 0.239 e. The number of morpholine rings is 1. The molecule has 0 aliphatic carbocycles. The SMILES string of the molecule is C[C@H](N)C(=O)N1CCOC(c2ccc(Br)cc2)C1. The number of hydrogen-bond acceptors (Lipinski definition) is 3. The van der Waals surface area contributed by atoms with Crippen LogP contribution in [0, 0.1) is 0 Å². The first kappa shape index (κ1) is 13.5. The normalized spacial score (nSPS) is 21.7. The van der Waals surface area contributed by atoms with E-state index in [1.165, 1.54) is 0 Å².